The molecule has 25 heavy (non-hydrogen) atoms. The van der Waals surface area contributed by atoms with Crippen LogP contribution in [0.15, 0.2) is 39.3 Å². The maximum absolute atomic E-state index is 12.2. The number of thiazole rings is 1. The zero-order valence-corrected chi connectivity index (χ0v) is 15.5. The summed E-state index contributed by atoms with van der Waals surface area (Å²) in [6, 6.07) is 7.11. The average Bonchev–Trinajstić information content (AvgIpc) is 3.23. The molecule has 1 aromatic carbocycles. The molecule has 0 amide bonds. The van der Waals surface area contributed by atoms with Crippen LogP contribution >= 0.6 is 23.1 Å². The fourth-order valence-corrected chi connectivity index (χ4v) is 3.41. The van der Waals surface area contributed by atoms with E-state index in [0.29, 0.717) is 29.7 Å². The molecule has 8 heteroatoms. The number of thioether (sulfide) groups is 1. The Bertz CT molecular complexity index is 843. The van der Waals surface area contributed by atoms with E-state index in [9.17, 15) is 4.79 Å². The highest BCUT2D eigenvalue weighted by Gasteiger charge is 2.12. The highest BCUT2D eigenvalue weighted by atomic mass is 32.2. The van der Waals surface area contributed by atoms with Crippen LogP contribution in [0.25, 0.3) is 0 Å². The Balaban J connectivity index is 1.53. The number of aromatic nitrogens is 3. The maximum Gasteiger partial charge on any atom is 0.277 e. The molecule has 0 saturated carbocycles. The SMILES string of the molecule is CCOc1ccc(C(=O)CSc2nnc(Cc3csc(C)n3)o2)cc1. The summed E-state index contributed by atoms with van der Waals surface area (Å²) < 4.78 is 10.9. The number of nitrogens with zero attached hydrogens (tertiary/aromatic N) is 3. The van der Waals surface area contributed by atoms with Gasteiger partial charge in [0.25, 0.3) is 5.22 Å². The van der Waals surface area contributed by atoms with Crippen LogP contribution in [0.4, 0.5) is 0 Å². The molecular weight excluding hydrogens is 358 g/mol. The van der Waals surface area contributed by atoms with E-state index in [4.69, 9.17) is 9.15 Å². The molecular formula is C17H17N3O3S2. The Hall–Kier alpha value is -2.19. The molecule has 2 heterocycles. The highest BCUT2D eigenvalue weighted by molar-refractivity contribution is 7.99. The van der Waals surface area contributed by atoms with Gasteiger partial charge in [-0.15, -0.1) is 21.5 Å². The zero-order valence-electron chi connectivity index (χ0n) is 13.9. The third kappa shape index (κ3) is 4.90. The van der Waals surface area contributed by atoms with Gasteiger partial charge in [-0.25, -0.2) is 4.98 Å². The van der Waals surface area contributed by atoms with Gasteiger partial charge in [0, 0.05) is 10.9 Å². The molecule has 3 aromatic rings. The van der Waals surface area contributed by atoms with Gasteiger partial charge >= 0.3 is 0 Å². The van der Waals surface area contributed by atoms with Gasteiger partial charge in [-0.1, -0.05) is 11.8 Å². The van der Waals surface area contributed by atoms with Crippen molar-refractivity contribution in [3.63, 3.8) is 0 Å². The second kappa shape index (κ2) is 8.26. The maximum atomic E-state index is 12.2. The highest BCUT2D eigenvalue weighted by Crippen LogP contribution is 2.20. The number of hydrogen-bond donors (Lipinski definition) is 0. The van der Waals surface area contributed by atoms with Crippen molar-refractivity contribution in [2.24, 2.45) is 0 Å². The number of rotatable bonds is 8. The quantitative estimate of drug-likeness (QED) is 0.438. The van der Waals surface area contributed by atoms with Gasteiger partial charge in [-0.3, -0.25) is 4.79 Å². The van der Waals surface area contributed by atoms with E-state index in [1.807, 2.05) is 19.2 Å². The summed E-state index contributed by atoms with van der Waals surface area (Å²) >= 11 is 2.82. The number of carbonyl (C=O) groups excluding carboxylic acids is 1. The monoisotopic (exact) mass is 375 g/mol. The second-order valence-electron chi connectivity index (χ2n) is 5.17. The smallest absolute Gasteiger partial charge is 0.277 e. The van der Waals surface area contributed by atoms with Gasteiger partial charge in [-0.05, 0) is 38.1 Å². The van der Waals surface area contributed by atoms with E-state index in [0.717, 1.165) is 16.5 Å². The van der Waals surface area contributed by atoms with Crippen LogP contribution in [0.5, 0.6) is 5.75 Å². The van der Waals surface area contributed by atoms with E-state index in [1.165, 1.54) is 11.8 Å². The number of carbonyl (C=O) groups is 1. The summed E-state index contributed by atoms with van der Waals surface area (Å²) in [5.41, 5.74) is 1.54. The molecule has 2 aromatic heterocycles. The van der Waals surface area contributed by atoms with Gasteiger partial charge in [0.1, 0.15) is 5.75 Å². The second-order valence-corrected chi connectivity index (χ2v) is 7.15. The number of ether oxygens (including phenoxy) is 1. The number of benzene rings is 1. The molecule has 0 N–H and O–H groups in total. The molecule has 3 rings (SSSR count). The van der Waals surface area contributed by atoms with Crippen LogP contribution in [0.3, 0.4) is 0 Å². The lowest BCUT2D eigenvalue weighted by atomic mass is 10.1. The molecule has 0 aliphatic rings. The lowest BCUT2D eigenvalue weighted by molar-refractivity contribution is 0.102. The van der Waals surface area contributed by atoms with Gasteiger partial charge in [-0.2, -0.15) is 0 Å². The van der Waals surface area contributed by atoms with Crippen LogP contribution in [0.2, 0.25) is 0 Å². The predicted octanol–water partition coefficient (Wildman–Crippen LogP) is 3.80. The zero-order chi connectivity index (χ0) is 17.6. The Labute approximate surface area is 153 Å². The Morgan fingerprint density at radius 3 is 2.76 bits per heavy atom. The largest absolute Gasteiger partial charge is 0.494 e. The Kier molecular flexibility index (Phi) is 5.83. The van der Waals surface area contributed by atoms with E-state index in [1.54, 1.807) is 35.6 Å². The van der Waals surface area contributed by atoms with Crippen molar-refractivity contribution in [2.75, 3.05) is 12.4 Å². The van der Waals surface area contributed by atoms with E-state index in [2.05, 4.69) is 15.2 Å². The van der Waals surface area contributed by atoms with Crippen molar-refractivity contribution in [1.82, 2.24) is 15.2 Å². The fraction of sp³-hybridized carbons (Fsp3) is 0.294. The minimum Gasteiger partial charge on any atom is -0.494 e. The average molecular weight is 375 g/mol. The summed E-state index contributed by atoms with van der Waals surface area (Å²) in [5, 5.41) is 11.3. The lowest BCUT2D eigenvalue weighted by Gasteiger charge is -2.03. The first-order valence-electron chi connectivity index (χ1n) is 7.76. The normalized spacial score (nSPS) is 10.8. The third-order valence-corrected chi connectivity index (χ3v) is 4.90. The lowest BCUT2D eigenvalue weighted by Crippen LogP contribution is -2.02. The van der Waals surface area contributed by atoms with Crippen molar-refractivity contribution in [3.05, 3.63) is 51.8 Å². The van der Waals surface area contributed by atoms with Crippen LogP contribution in [0.1, 0.15) is 33.9 Å². The first-order chi connectivity index (χ1) is 12.1. The number of Topliss-reactive ketones (excluding diaryl/α,β-unsaturated/α-hetero) is 1. The van der Waals surface area contributed by atoms with Crippen LogP contribution in [-0.2, 0) is 6.42 Å². The number of aryl methyl sites for hydroxylation is 1. The Morgan fingerprint density at radius 2 is 2.08 bits per heavy atom. The molecule has 0 atom stereocenters. The summed E-state index contributed by atoms with van der Waals surface area (Å²) in [6.45, 7) is 4.48. The van der Waals surface area contributed by atoms with Crippen molar-refractivity contribution in [3.8, 4) is 5.75 Å². The summed E-state index contributed by atoms with van der Waals surface area (Å²) in [4.78, 5) is 16.6. The molecule has 0 aliphatic heterocycles. The topological polar surface area (TPSA) is 78.1 Å². The third-order valence-electron chi connectivity index (χ3n) is 3.26. The van der Waals surface area contributed by atoms with E-state index >= 15 is 0 Å². The fourth-order valence-electron chi connectivity index (χ4n) is 2.13. The van der Waals surface area contributed by atoms with Crippen molar-refractivity contribution < 1.29 is 13.9 Å². The molecule has 0 spiro atoms. The van der Waals surface area contributed by atoms with Crippen LogP contribution in [-0.4, -0.2) is 33.3 Å². The molecule has 0 radical (unpaired) electrons. The molecule has 0 saturated heterocycles. The number of ketones is 1. The van der Waals surface area contributed by atoms with Crippen LogP contribution < -0.4 is 4.74 Å². The minimum absolute atomic E-state index is 0.00271. The molecule has 0 unspecified atom stereocenters. The van der Waals surface area contributed by atoms with Crippen molar-refractivity contribution >= 4 is 28.9 Å². The summed E-state index contributed by atoms with van der Waals surface area (Å²) in [5.74, 6) is 1.50. The van der Waals surface area contributed by atoms with Crippen molar-refractivity contribution in [1.29, 1.82) is 0 Å². The predicted molar refractivity (Wildman–Crippen MR) is 96.6 cm³/mol. The minimum atomic E-state index is 0.00271. The molecule has 130 valence electrons. The molecule has 6 nitrogen and oxygen atoms in total. The first-order valence-corrected chi connectivity index (χ1v) is 9.63. The summed E-state index contributed by atoms with van der Waals surface area (Å²) in [7, 11) is 0. The summed E-state index contributed by atoms with van der Waals surface area (Å²) in [6.07, 6.45) is 0.505. The molecule has 0 aliphatic carbocycles. The molecule has 0 bridgehead atoms. The standard InChI is InChI=1S/C17H17N3O3S2/c1-3-22-14-6-4-12(5-7-14)15(21)10-25-17-20-19-16(23-17)8-13-9-24-11(2)18-13/h4-7,9H,3,8,10H2,1-2H3. The van der Waals surface area contributed by atoms with Gasteiger partial charge in [0.15, 0.2) is 5.78 Å². The van der Waals surface area contributed by atoms with Crippen LogP contribution in [0, 0.1) is 6.92 Å². The van der Waals surface area contributed by atoms with E-state index in [-0.39, 0.29) is 11.5 Å². The number of hydrogen-bond acceptors (Lipinski definition) is 8. The first kappa shape index (κ1) is 17.6. The van der Waals surface area contributed by atoms with Gasteiger partial charge in [0.05, 0.1) is 29.5 Å². The van der Waals surface area contributed by atoms with Crippen molar-refractivity contribution in [2.45, 2.75) is 25.5 Å². The Morgan fingerprint density at radius 1 is 1.28 bits per heavy atom. The van der Waals surface area contributed by atoms with Gasteiger partial charge in [0.2, 0.25) is 5.89 Å². The van der Waals surface area contributed by atoms with E-state index < -0.39 is 0 Å². The van der Waals surface area contributed by atoms with Gasteiger partial charge < -0.3 is 9.15 Å². The molecule has 0 fully saturated rings.